The SMILES string of the molecule is COC(=O)c1c(NC(=O)CSc2nnc(COc3ccc(C)c(C)c3)n2C)sc2c1CCCC2. The van der Waals surface area contributed by atoms with Gasteiger partial charge in [-0.2, -0.15) is 0 Å². The fourth-order valence-electron chi connectivity index (χ4n) is 3.81. The molecule has 0 bridgehead atoms. The van der Waals surface area contributed by atoms with E-state index in [4.69, 9.17) is 9.47 Å². The molecule has 8 nitrogen and oxygen atoms in total. The third-order valence-electron chi connectivity index (χ3n) is 5.92. The van der Waals surface area contributed by atoms with Crippen molar-refractivity contribution in [1.82, 2.24) is 14.8 Å². The number of anilines is 1. The van der Waals surface area contributed by atoms with E-state index in [0.29, 0.717) is 21.5 Å². The number of esters is 1. The minimum Gasteiger partial charge on any atom is -0.486 e. The second kappa shape index (κ2) is 10.6. The van der Waals surface area contributed by atoms with E-state index in [2.05, 4.69) is 22.4 Å². The Morgan fingerprint density at radius 2 is 1.97 bits per heavy atom. The first-order chi connectivity index (χ1) is 16.4. The van der Waals surface area contributed by atoms with Gasteiger partial charge in [0, 0.05) is 11.9 Å². The lowest BCUT2D eigenvalue weighted by atomic mass is 9.95. The van der Waals surface area contributed by atoms with Gasteiger partial charge in [0.25, 0.3) is 0 Å². The van der Waals surface area contributed by atoms with E-state index in [0.717, 1.165) is 41.9 Å². The molecular formula is C24H28N4O4S2. The minimum atomic E-state index is -0.399. The molecule has 0 aliphatic heterocycles. The van der Waals surface area contributed by atoms with Gasteiger partial charge >= 0.3 is 5.97 Å². The second-order valence-corrected chi connectivity index (χ2v) is 10.3. The molecule has 0 saturated carbocycles. The Balaban J connectivity index is 1.37. The number of hydrogen-bond acceptors (Lipinski definition) is 8. The van der Waals surface area contributed by atoms with Crippen LogP contribution in [0.2, 0.25) is 0 Å². The van der Waals surface area contributed by atoms with Crippen molar-refractivity contribution in [2.45, 2.75) is 51.3 Å². The van der Waals surface area contributed by atoms with Crippen molar-refractivity contribution in [3.05, 3.63) is 51.2 Å². The lowest BCUT2D eigenvalue weighted by molar-refractivity contribution is -0.113. The van der Waals surface area contributed by atoms with Crippen LogP contribution in [0, 0.1) is 13.8 Å². The largest absolute Gasteiger partial charge is 0.486 e. The van der Waals surface area contributed by atoms with Crippen molar-refractivity contribution in [2.24, 2.45) is 7.05 Å². The van der Waals surface area contributed by atoms with E-state index < -0.39 is 5.97 Å². The topological polar surface area (TPSA) is 95.3 Å². The fraction of sp³-hybridized carbons (Fsp3) is 0.417. The van der Waals surface area contributed by atoms with E-state index in [1.165, 1.54) is 41.3 Å². The molecule has 2 aromatic heterocycles. The molecule has 0 atom stereocenters. The maximum Gasteiger partial charge on any atom is 0.341 e. The Kier molecular flexibility index (Phi) is 7.57. The lowest BCUT2D eigenvalue weighted by Crippen LogP contribution is -2.17. The van der Waals surface area contributed by atoms with Crippen LogP contribution in [0.3, 0.4) is 0 Å². The number of thiophene rings is 1. The van der Waals surface area contributed by atoms with Crippen molar-refractivity contribution in [1.29, 1.82) is 0 Å². The number of ether oxygens (including phenoxy) is 2. The van der Waals surface area contributed by atoms with Gasteiger partial charge in [-0.25, -0.2) is 4.79 Å². The Hall–Kier alpha value is -2.85. The number of methoxy groups -OCH3 is 1. The second-order valence-electron chi connectivity index (χ2n) is 8.24. The van der Waals surface area contributed by atoms with Gasteiger partial charge in [-0.1, -0.05) is 17.8 Å². The quantitative estimate of drug-likeness (QED) is 0.360. The van der Waals surface area contributed by atoms with Gasteiger partial charge in [-0.15, -0.1) is 21.5 Å². The molecule has 1 aliphatic rings. The van der Waals surface area contributed by atoms with Crippen molar-refractivity contribution in [3.63, 3.8) is 0 Å². The summed E-state index contributed by atoms with van der Waals surface area (Å²) in [6.07, 6.45) is 3.91. The summed E-state index contributed by atoms with van der Waals surface area (Å²) in [6.45, 7) is 4.39. The number of benzene rings is 1. The zero-order valence-corrected chi connectivity index (χ0v) is 21.4. The van der Waals surface area contributed by atoms with Crippen molar-refractivity contribution >= 4 is 40.0 Å². The van der Waals surface area contributed by atoms with Crippen LogP contribution in [0.4, 0.5) is 5.00 Å². The highest BCUT2D eigenvalue weighted by Gasteiger charge is 2.27. The predicted molar refractivity (Wildman–Crippen MR) is 133 cm³/mol. The first kappa shape index (κ1) is 24.3. The van der Waals surface area contributed by atoms with Gasteiger partial charge in [0.1, 0.15) is 17.4 Å². The Bertz CT molecular complexity index is 1220. The molecule has 180 valence electrons. The van der Waals surface area contributed by atoms with Crippen LogP contribution in [0.15, 0.2) is 23.4 Å². The molecule has 1 N–H and O–H groups in total. The average molecular weight is 501 g/mol. The molecule has 34 heavy (non-hydrogen) atoms. The molecule has 0 radical (unpaired) electrons. The van der Waals surface area contributed by atoms with E-state index in [9.17, 15) is 9.59 Å². The lowest BCUT2D eigenvalue weighted by Gasteiger charge is -2.11. The number of carbonyl (C=O) groups is 2. The van der Waals surface area contributed by atoms with Gasteiger partial charge in [-0.05, 0) is 68.4 Å². The Labute approximate surface area is 207 Å². The highest BCUT2D eigenvalue weighted by Crippen LogP contribution is 2.38. The number of rotatable bonds is 8. The van der Waals surface area contributed by atoms with Gasteiger partial charge in [0.2, 0.25) is 5.91 Å². The van der Waals surface area contributed by atoms with Gasteiger partial charge < -0.3 is 19.4 Å². The number of nitrogens with zero attached hydrogens (tertiary/aromatic N) is 3. The van der Waals surface area contributed by atoms with E-state index >= 15 is 0 Å². The normalized spacial score (nSPS) is 12.8. The molecule has 0 saturated heterocycles. The molecule has 3 aromatic rings. The van der Waals surface area contributed by atoms with Crippen molar-refractivity contribution in [2.75, 3.05) is 18.2 Å². The van der Waals surface area contributed by atoms with Gasteiger partial charge in [0.05, 0.1) is 18.4 Å². The standard InChI is InChI=1S/C24H28N4O4S2/c1-14-9-10-16(11-15(14)2)32-12-19-26-27-24(28(19)3)33-13-20(29)25-22-21(23(30)31-4)17-7-5-6-8-18(17)34-22/h9-11H,5-8,12-13H2,1-4H3,(H,25,29). The number of fused-ring (bicyclic) bond motifs is 1. The van der Waals surface area contributed by atoms with Gasteiger partial charge in [-0.3, -0.25) is 4.79 Å². The molecule has 1 aromatic carbocycles. The van der Waals surface area contributed by atoms with Crippen molar-refractivity contribution < 1.29 is 19.1 Å². The molecule has 10 heteroatoms. The monoisotopic (exact) mass is 500 g/mol. The van der Waals surface area contributed by atoms with Crippen LogP contribution in [0.1, 0.15) is 50.6 Å². The molecule has 1 amide bonds. The van der Waals surface area contributed by atoms with Crippen molar-refractivity contribution in [3.8, 4) is 5.75 Å². The minimum absolute atomic E-state index is 0.146. The van der Waals surface area contributed by atoms with Crippen LogP contribution in [-0.2, 0) is 36.0 Å². The first-order valence-corrected chi connectivity index (χ1v) is 12.9. The summed E-state index contributed by atoms with van der Waals surface area (Å²) in [5, 5.41) is 12.5. The van der Waals surface area contributed by atoms with E-state index in [1.54, 1.807) is 0 Å². The van der Waals surface area contributed by atoms with Crippen LogP contribution >= 0.6 is 23.1 Å². The summed E-state index contributed by atoms with van der Waals surface area (Å²) in [7, 11) is 3.22. The van der Waals surface area contributed by atoms with Crippen LogP contribution < -0.4 is 10.1 Å². The summed E-state index contributed by atoms with van der Waals surface area (Å²) >= 11 is 2.76. The Morgan fingerprint density at radius 1 is 1.18 bits per heavy atom. The number of amides is 1. The molecule has 0 unspecified atom stereocenters. The first-order valence-electron chi connectivity index (χ1n) is 11.1. The average Bonchev–Trinajstić information content (AvgIpc) is 3.37. The van der Waals surface area contributed by atoms with Gasteiger partial charge in [0.15, 0.2) is 11.0 Å². The van der Waals surface area contributed by atoms with Crippen LogP contribution in [0.25, 0.3) is 0 Å². The number of hydrogen-bond donors (Lipinski definition) is 1. The number of thioether (sulfide) groups is 1. The smallest absolute Gasteiger partial charge is 0.341 e. The molecule has 2 heterocycles. The van der Waals surface area contributed by atoms with E-state index in [1.807, 2.05) is 36.7 Å². The summed E-state index contributed by atoms with van der Waals surface area (Å²) in [5.41, 5.74) is 3.90. The maximum atomic E-state index is 12.7. The molecule has 0 spiro atoms. The number of nitrogens with one attached hydrogen (secondary N) is 1. The highest BCUT2D eigenvalue weighted by molar-refractivity contribution is 7.99. The Morgan fingerprint density at radius 3 is 2.74 bits per heavy atom. The van der Waals surface area contributed by atoms with Crippen LogP contribution in [-0.4, -0.2) is 39.5 Å². The number of aryl methyl sites for hydroxylation is 3. The zero-order chi connectivity index (χ0) is 24.2. The summed E-state index contributed by atoms with van der Waals surface area (Å²) in [5.74, 6) is 0.987. The third kappa shape index (κ3) is 5.28. The summed E-state index contributed by atoms with van der Waals surface area (Å²) in [6, 6.07) is 5.96. The summed E-state index contributed by atoms with van der Waals surface area (Å²) in [4.78, 5) is 26.2. The summed E-state index contributed by atoms with van der Waals surface area (Å²) < 4.78 is 12.7. The maximum absolute atomic E-state index is 12.7. The van der Waals surface area contributed by atoms with Crippen LogP contribution in [0.5, 0.6) is 5.75 Å². The molecule has 0 fully saturated rings. The predicted octanol–water partition coefficient (Wildman–Crippen LogP) is 4.47. The third-order valence-corrected chi connectivity index (χ3v) is 8.14. The molecule has 1 aliphatic carbocycles. The zero-order valence-electron chi connectivity index (χ0n) is 19.8. The number of aromatic nitrogens is 3. The van der Waals surface area contributed by atoms with E-state index in [-0.39, 0.29) is 18.3 Å². The highest BCUT2D eigenvalue weighted by atomic mass is 32.2. The molecular weight excluding hydrogens is 472 g/mol. The molecule has 4 rings (SSSR count). The number of carbonyl (C=O) groups excluding carboxylic acids is 2. The fourth-order valence-corrected chi connectivity index (χ4v) is 5.84.